The molecule has 0 aliphatic heterocycles. The van der Waals surface area contributed by atoms with Crippen molar-refractivity contribution in [2.45, 2.75) is 44.2 Å². The summed E-state index contributed by atoms with van der Waals surface area (Å²) in [6.45, 7) is 0.252. The van der Waals surface area contributed by atoms with Crippen molar-refractivity contribution in [3.63, 3.8) is 0 Å². The van der Waals surface area contributed by atoms with E-state index in [1.54, 1.807) is 7.11 Å². The molecule has 1 saturated carbocycles. The first-order valence-corrected chi connectivity index (χ1v) is 9.96. The number of methoxy groups -OCH3 is 1. The van der Waals surface area contributed by atoms with E-state index in [2.05, 4.69) is 31.1 Å². The average Bonchev–Trinajstić information content (AvgIpc) is 2.90. The third-order valence-corrected chi connectivity index (χ3v) is 4.91. The molecule has 2 rings (SSSR count). The van der Waals surface area contributed by atoms with Gasteiger partial charge in [0.05, 0.1) is 6.10 Å². The Bertz CT molecular complexity index is 674. The summed E-state index contributed by atoms with van der Waals surface area (Å²) in [5.74, 6) is -1.43. The molecule has 30 heavy (non-hydrogen) atoms. The Kier molecular flexibility index (Phi) is 11.7. The molecule has 1 aromatic rings. The minimum atomic E-state index is -1.26. The molecule has 1 aromatic carbocycles. The van der Waals surface area contributed by atoms with E-state index in [0.717, 1.165) is 25.0 Å². The van der Waals surface area contributed by atoms with Crippen LogP contribution in [0.2, 0.25) is 0 Å². The van der Waals surface area contributed by atoms with Gasteiger partial charge in [-0.25, -0.2) is 9.59 Å². The maximum atomic E-state index is 10.6. The van der Waals surface area contributed by atoms with Crippen molar-refractivity contribution in [1.29, 1.82) is 0 Å². The highest BCUT2D eigenvalue weighted by molar-refractivity contribution is 5.89. The van der Waals surface area contributed by atoms with E-state index in [9.17, 15) is 14.7 Å². The van der Waals surface area contributed by atoms with Gasteiger partial charge in [0.1, 0.15) is 5.75 Å². The molecule has 0 saturated heterocycles. The Morgan fingerprint density at radius 1 is 1.13 bits per heavy atom. The predicted octanol–water partition coefficient (Wildman–Crippen LogP) is 2.92. The SMILES string of the molecule is COCOc1cccc(C([C@@H]2CCCCC[C@@H]2O)N(C)C)c1.O=C(O)/C=C\C(=O)O. The number of rotatable bonds is 8. The van der Waals surface area contributed by atoms with Crippen LogP contribution in [0.3, 0.4) is 0 Å². The van der Waals surface area contributed by atoms with Crippen LogP contribution in [0.4, 0.5) is 0 Å². The number of hydrogen-bond donors (Lipinski definition) is 3. The second-order valence-corrected chi connectivity index (χ2v) is 7.41. The monoisotopic (exact) mass is 423 g/mol. The molecule has 3 N–H and O–H groups in total. The van der Waals surface area contributed by atoms with E-state index in [0.29, 0.717) is 12.2 Å². The van der Waals surface area contributed by atoms with Crippen molar-refractivity contribution in [1.82, 2.24) is 4.90 Å². The molecule has 0 heterocycles. The Hall–Kier alpha value is -2.42. The molecule has 8 heteroatoms. The molecule has 0 spiro atoms. The molecule has 0 bridgehead atoms. The molecule has 1 unspecified atom stereocenters. The second-order valence-electron chi connectivity index (χ2n) is 7.41. The molecule has 3 atom stereocenters. The summed E-state index contributed by atoms with van der Waals surface area (Å²) < 4.78 is 10.5. The molecule has 0 amide bonds. The minimum absolute atomic E-state index is 0.208. The number of aliphatic hydroxyl groups is 1. The standard InChI is InChI=1S/C18H29NO3.C4H4O4/c1-19(2)18(16-10-5-4-6-11-17(16)20)14-8-7-9-15(12-14)22-13-21-3;5-3(6)1-2-4(7)8/h7-9,12,16-18,20H,4-6,10-11,13H2,1-3H3;1-2H,(H,5,6)(H,7,8)/b;2-1-/t16-,17+,18?;/m1./s1. The van der Waals surface area contributed by atoms with Gasteiger partial charge >= 0.3 is 11.9 Å². The predicted molar refractivity (Wildman–Crippen MR) is 112 cm³/mol. The topological polar surface area (TPSA) is 117 Å². The van der Waals surface area contributed by atoms with Crippen LogP contribution in [0.25, 0.3) is 0 Å². The number of benzene rings is 1. The van der Waals surface area contributed by atoms with E-state index in [-0.39, 0.29) is 24.9 Å². The van der Waals surface area contributed by atoms with Gasteiger partial charge in [-0.2, -0.15) is 0 Å². The normalized spacial score (nSPS) is 20.2. The van der Waals surface area contributed by atoms with Crippen LogP contribution in [-0.2, 0) is 14.3 Å². The highest BCUT2D eigenvalue weighted by Gasteiger charge is 2.32. The first-order valence-electron chi connectivity index (χ1n) is 9.96. The van der Waals surface area contributed by atoms with E-state index in [4.69, 9.17) is 19.7 Å². The lowest BCUT2D eigenvalue weighted by molar-refractivity contribution is -0.134. The maximum absolute atomic E-state index is 10.6. The summed E-state index contributed by atoms with van der Waals surface area (Å²) in [5, 5.41) is 26.2. The van der Waals surface area contributed by atoms with Crippen LogP contribution in [0.5, 0.6) is 5.75 Å². The number of aliphatic hydroxyl groups excluding tert-OH is 1. The number of carboxylic acid groups (broad SMARTS) is 2. The number of carbonyl (C=O) groups is 2. The van der Waals surface area contributed by atoms with Crippen molar-refractivity contribution >= 4 is 11.9 Å². The summed E-state index contributed by atoms with van der Waals surface area (Å²) in [6.07, 6.45) is 6.44. The molecule has 1 aliphatic rings. The fourth-order valence-corrected chi connectivity index (χ4v) is 3.67. The van der Waals surface area contributed by atoms with E-state index >= 15 is 0 Å². The number of aliphatic carboxylic acids is 2. The Balaban J connectivity index is 0.000000479. The molecule has 0 aromatic heterocycles. The zero-order valence-electron chi connectivity index (χ0n) is 17.9. The first-order chi connectivity index (χ1) is 14.3. The number of ether oxygens (including phenoxy) is 2. The maximum Gasteiger partial charge on any atom is 0.328 e. The van der Waals surface area contributed by atoms with E-state index < -0.39 is 11.9 Å². The number of carboxylic acids is 2. The lowest BCUT2D eigenvalue weighted by atomic mass is 9.84. The van der Waals surface area contributed by atoms with Crippen molar-refractivity contribution in [2.75, 3.05) is 28.0 Å². The summed E-state index contributed by atoms with van der Waals surface area (Å²) in [5.41, 5.74) is 1.20. The fraction of sp³-hybridized carbons (Fsp3) is 0.545. The third-order valence-electron chi connectivity index (χ3n) is 4.91. The quantitative estimate of drug-likeness (QED) is 0.332. The lowest BCUT2D eigenvalue weighted by Crippen LogP contribution is -2.34. The molecule has 168 valence electrons. The van der Waals surface area contributed by atoms with Gasteiger partial charge in [0, 0.05) is 31.2 Å². The van der Waals surface area contributed by atoms with Crippen LogP contribution in [-0.4, -0.2) is 66.3 Å². The minimum Gasteiger partial charge on any atom is -0.478 e. The second kappa shape index (κ2) is 13.7. The van der Waals surface area contributed by atoms with Gasteiger partial charge in [-0.05, 0) is 44.6 Å². The molecular formula is C22H33NO7. The van der Waals surface area contributed by atoms with Crippen molar-refractivity contribution in [3.8, 4) is 5.75 Å². The molecule has 0 radical (unpaired) electrons. The van der Waals surface area contributed by atoms with Crippen LogP contribution >= 0.6 is 0 Å². The van der Waals surface area contributed by atoms with Crippen LogP contribution < -0.4 is 4.74 Å². The summed E-state index contributed by atoms with van der Waals surface area (Å²) in [4.78, 5) is 21.3. The first kappa shape index (κ1) is 25.6. The van der Waals surface area contributed by atoms with Gasteiger partial charge in [-0.15, -0.1) is 0 Å². The number of nitrogens with zero attached hydrogens (tertiary/aromatic N) is 1. The zero-order valence-corrected chi connectivity index (χ0v) is 17.9. The van der Waals surface area contributed by atoms with Crippen LogP contribution in [0.15, 0.2) is 36.4 Å². The van der Waals surface area contributed by atoms with Gasteiger partial charge in [0.2, 0.25) is 0 Å². The van der Waals surface area contributed by atoms with Gasteiger partial charge < -0.3 is 29.7 Å². The van der Waals surface area contributed by atoms with Crippen molar-refractivity contribution < 1.29 is 34.4 Å². The summed E-state index contributed by atoms with van der Waals surface area (Å²) in [7, 11) is 5.80. The summed E-state index contributed by atoms with van der Waals surface area (Å²) >= 11 is 0. The fourth-order valence-electron chi connectivity index (χ4n) is 3.67. The Morgan fingerprint density at radius 3 is 2.33 bits per heavy atom. The highest BCUT2D eigenvalue weighted by Crippen LogP contribution is 2.37. The Labute approximate surface area is 177 Å². The zero-order chi connectivity index (χ0) is 22.5. The molecule has 8 nitrogen and oxygen atoms in total. The smallest absolute Gasteiger partial charge is 0.328 e. The van der Waals surface area contributed by atoms with Crippen LogP contribution in [0, 0.1) is 5.92 Å². The van der Waals surface area contributed by atoms with Crippen molar-refractivity contribution in [2.24, 2.45) is 5.92 Å². The van der Waals surface area contributed by atoms with Crippen molar-refractivity contribution in [3.05, 3.63) is 42.0 Å². The van der Waals surface area contributed by atoms with E-state index in [1.165, 1.54) is 18.4 Å². The Morgan fingerprint density at radius 2 is 1.77 bits per heavy atom. The van der Waals surface area contributed by atoms with Gasteiger partial charge in [0.25, 0.3) is 0 Å². The molecular weight excluding hydrogens is 390 g/mol. The average molecular weight is 424 g/mol. The lowest BCUT2D eigenvalue weighted by Gasteiger charge is -2.35. The molecule has 1 aliphatic carbocycles. The van der Waals surface area contributed by atoms with Crippen LogP contribution in [0.1, 0.15) is 43.7 Å². The third kappa shape index (κ3) is 9.39. The van der Waals surface area contributed by atoms with Gasteiger partial charge in [-0.3, -0.25) is 0 Å². The largest absolute Gasteiger partial charge is 0.478 e. The highest BCUT2D eigenvalue weighted by atomic mass is 16.7. The number of hydrogen-bond acceptors (Lipinski definition) is 6. The van der Waals surface area contributed by atoms with Gasteiger partial charge in [0.15, 0.2) is 6.79 Å². The van der Waals surface area contributed by atoms with E-state index in [1.807, 2.05) is 12.1 Å². The van der Waals surface area contributed by atoms with Gasteiger partial charge in [-0.1, -0.05) is 31.4 Å². The summed E-state index contributed by atoms with van der Waals surface area (Å²) in [6, 6.07) is 8.36. The molecule has 1 fully saturated rings.